The number of nitrogens with two attached hydrogens (primary N) is 1. The lowest BCUT2D eigenvalue weighted by Gasteiger charge is -2.28. The maximum absolute atomic E-state index is 7.83. The van der Waals surface area contributed by atoms with E-state index in [1.54, 1.807) is 17.4 Å². The quantitative estimate of drug-likeness (QED) is 0.338. The van der Waals surface area contributed by atoms with Crippen molar-refractivity contribution in [1.82, 2.24) is 9.97 Å². The van der Waals surface area contributed by atoms with Gasteiger partial charge in [0.05, 0.1) is 23.4 Å². The molecule has 0 unspecified atom stereocenters. The van der Waals surface area contributed by atoms with Gasteiger partial charge in [0.25, 0.3) is 0 Å². The van der Waals surface area contributed by atoms with Crippen molar-refractivity contribution in [2.75, 3.05) is 36.9 Å². The molecule has 2 aromatic carbocycles. The van der Waals surface area contributed by atoms with Gasteiger partial charge in [-0.05, 0) is 24.3 Å². The molecule has 162 valence electrons. The molecular formula is C24H23N5O2S. The number of nitrogen functional groups attached to an aromatic ring is 1. The molecule has 0 amide bonds. The van der Waals surface area contributed by atoms with Crippen molar-refractivity contribution in [2.45, 2.75) is 6.61 Å². The van der Waals surface area contributed by atoms with Gasteiger partial charge in [-0.3, -0.25) is 0 Å². The fraction of sp³-hybridized carbons (Fsp3) is 0.208. The second-order valence-electron chi connectivity index (χ2n) is 7.45. The molecule has 1 aliphatic heterocycles. The highest BCUT2D eigenvalue weighted by Gasteiger charge is 2.21. The van der Waals surface area contributed by atoms with E-state index in [9.17, 15) is 0 Å². The van der Waals surface area contributed by atoms with E-state index in [-0.39, 0.29) is 0 Å². The van der Waals surface area contributed by atoms with E-state index < -0.39 is 0 Å². The van der Waals surface area contributed by atoms with Crippen LogP contribution in [0.25, 0.3) is 21.6 Å². The average Bonchev–Trinajstić information content (AvgIpc) is 3.26. The first-order valence-corrected chi connectivity index (χ1v) is 11.2. The maximum atomic E-state index is 7.83. The van der Waals surface area contributed by atoms with Gasteiger partial charge in [0.15, 0.2) is 11.6 Å². The highest BCUT2D eigenvalue weighted by molar-refractivity contribution is 7.19. The normalized spacial score (nSPS) is 13.9. The summed E-state index contributed by atoms with van der Waals surface area (Å²) in [7, 11) is 0. The summed E-state index contributed by atoms with van der Waals surface area (Å²) in [5, 5.41) is 7.83. The van der Waals surface area contributed by atoms with Crippen LogP contribution in [0.5, 0.6) is 5.75 Å². The Balaban J connectivity index is 1.58. The van der Waals surface area contributed by atoms with Crippen LogP contribution in [0.1, 0.15) is 10.4 Å². The van der Waals surface area contributed by atoms with Gasteiger partial charge in [-0.25, -0.2) is 9.97 Å². The molecule has 7 nitrogen and oxygen atoms in total. The Kier molecular flexibility index (Phi) is 5.70. The number of nitrogens with zero attached hydrogens (tertiary/aromatic N) is 3. The Morgan fingerprint density at radius 2 is 1.91 bits per heavy atom. The fourth-order valence-corrected chi connectivity index (χ4v) is 4.78. The molecule has 1 saturated heterocycles. The second-order valence-corrected chi connectivity index (χ2v) is 8.59. The minimum Gasteiger partial charge on any atom is -0.488 e. The maximum Gasteiger partial charge on any atom is 0.162 e. The summed E-state index contributed by atoms with van der Waals surface area (Å²) in [6, 6.07) is 17.4. The highest BCUT2D eigenvalue weighted by Crippen LogP contribution is 2.36. The van der Waals surface area contributed by atoms with Crippen molar-refractivity contribution in [3.63, 3.8) is 0 Å². The molecule has 5 rings (SSSR count). The zero-order valence-electron chi connectivity index (χ0n) is 17.5. The first-order valence-electron chi connectivity index (χ1n) is 10.4. The molecule has 0 spiro atoms. The van der Waals surface area contributed by atoms with Crippen LogP contribution in [0.3, 0.4) is 0 Å². The number of benzene rings is 2. The third-order valence-electron chi connectivity index (χ3n) is 5.36. The Bertz CT molecular complexity index is 1250. The summed E-state index contributed by atoms with van der Waals surface area (Å²) < 4.78 is 12.5. The third kappa shape index (κ3) is 4.02. The van der Waals surface area contributed by atoms with Gasteiger partial charge in [0.1, 0.15) is 12.4 Å². The molecule has 0 aliphatic carbocycles. The lowest BCUT2D eigenvalue weighted by Crippen LogP contribution is -2.36. The largest absolute Gasteiger partial charge is 0.488 e. The summed E-state index contributed by atoms with van der Waals surface area (Å²) in [4.78, 5) is 13.1. The van der Waals surface area contributed by atoms with Crippen molar-refractivity contribution in [1.29, 1.82) is 5.41 Å². The number of ether oxygens (including phenoxy) is 2. The van der Waals surface area contributed by atoms with Gasteiger partial charge >= 0.3 is 0 Å². The van der Waals surface area contributed by atoms with E-state index in [2.05, 4.69) is 11.0 Å². The van der Waals surface area contributed by atoms with Crippen LogP contribution in [-0.4, -0.2) is 42.5 Å². The summed E-state index contributed by atoms with van der Waals surface area (Å²) in [5.74, 6) is 2.29. The second kappa shape index (κ2) is 8.94. The molecule has 0 bridgehead atoms. The fourth-order valence-electron chi connectivity index (χ4n) is 3.76. The van der Waals surface area contributed by atoms with Crippen LogP contribution in [0.4, 0.5) is 11.5 Å². The molecular weight excluding hydrogens is 422 g/mol. The summed E-state index contributed by atoms with van der Waals surface area (Å²) >= 11 is 1.65. The van der Waals surface area contributed by atoms with Gasteiger partial charge in [-0.2, -0.15) is 0 Å². The number of anilines is 2. The monoisotopic (exact) mass is 445 g/mol. The van der Waals surface area contributed by atoms with E-state index in [0.717, 1.165) is 45.3 Å². The van der Waals surface area contributed by atoms with Crippen molar-refractivity contribution in [2.24, 2.45) is 0 Å². The first-order chi connectivity index (χ1) is 15.7. The van der Waals surface area contributed by atoms with E-state index in [4.69, 9.17) is 30.6 Å². The molecule has 8 heteroatoms. The number of rotatable bonds is 6. The molecule has 4 aromatic rings. The minimum absolute atomic E-state index is 0.465. The number of thiophene rings is 1. The number of morpholine rings is 1. The molecule has 0 atom stereocenters. The number of hydrogen-bond acceptors (Lipinski definition) is 8. The van der Waals surface area contributed by atoms with E-state index in [1.165, 1.54) is 6.21 Å². The van der Waals surface area contributed by atoms with Crippen LogP contribution in [0.2, 0.25) is 0 Å². The van der Waals surface area contributed by atoms with Gasteiger partial charge in [0, 0.05) is 41.0 Å². The van der Waals surface area contributed by atoms with Crippen molar-refractivity contribution in [3.8, 4) is 17.1 Å². The van der Waals surface area contributed by atoms with E-state index >= 15 is 0 Å². The number of fused-ring (bicyclic) bond motifs is 1. The lowest BCUT2D eigenvalue weighted by atomic mass is 10.1. The standard InChI is InChI=1S/C24H23N5O2S/c25-14-19-18(7-4-8-20(19)26)23-27-21-13-17(15-31-16-5-2-1-3-6-16)32-22(21)24(28-23)29-9-11-30-12-10-29/h1-8,13-14,25H,9-12,15,26H2. The molecule has 2 aromatic heterocycles. The van der Waals surface area contributed by atoms with E-state index in [0.29, 0.717) is 36.9 Å². The predicted molar refractivity (Wildman–Crippen MR) is 129 cm³/mol. The lowest BCUT2D eigenvalue weighted by molar-refractivity contribution is 0.122. The predicted octanol–water partition coefficient (Wildman–Crippen LogP) is 4.35. The zero-order valence-corrected chi connectivity index (χ0v) is 18.3. The van der Waals surface area contributed by atoms with Gasteiger partial charge in [-0.15, -0.1) is 11.3 Å². The van der Waals surface area contributed by atoms with Gasteiger partial charge in [0.2, 0.25) is 0 Å². The number of para-hydroxylation sites is 1. The Labute approximate surface area is 190 Å². The van der Waals surface area contributed by atoms with Crippen LogP contribution in [-0.2, 0) is 11.3 Å². The van der Waals surface area contributed by atoms with E-state index in [1.807, 2.05) is 42.5 Å². The summed E-state index contributed by atoms with van der Waals surface area (Å²) in [5.41, 5.74) is 8.90. The number of hydrogen-bond donors (Lipinski definition) is 2. The smallest absolute Gasteiger partial charge is 0.162 e. The summed E-state index contributed by atoms with van der Waals surface area (Å²) in [6.07, 6.45) is 1.26. The van der Waals surface area contributed by atoms with Crippen LogP contribution >= 0.6 is 11.3 Å². The summed E-state index contributed by atoms with van der Waals surface area (Å²) in [6.45, 7) is 3.34. The molecule has 1 aliphatic rings. The van der Waals surface area contributed by atoms with Crippen LogP contribution in [0, 0.1) is 5.41 Å². The Morgan fingerprint density at radius 1 is 1.09 bits per heavy atom. The zero-order chi connectivity index (χ0) is 21.9. The first kappa shape index (κ1) is 20.4. The Morgan fingerprint density at radius 3 is 2.69 bits per heavy atom. The molecule has 3 heterocycles. The topological polar surface area (TPSA) is 97.4 Å². The highest BCUT2D eigenvalue weighted by atomic mass is 32.1. The molecule has 1 fully saturated rings. The number of nitrogens with one attached hydrogen (secondary N) is 1. The molecule has 0 saturated carbocycles. The minimum atomic E-state index is 0.465. The Hall–Kier alpha value is -3.49. The van der Waals surface area contributed by atoms with Crippen LogP contribution < -0.4 is 15.4 Å². The molecule has 0 radical (unpaired) electrons. The van der Waals surface area contributed by atoms with Gasteiger partial charge in [-0.1, -0.05) is 30.3 Å². The van der Waals surface area contributed by atoms with Crippen molar-refractivity contribution >= 4 is 39.3 Å². The van der Waals surface area contributed by atoms with Crippen molar-refractivity contribution in [3.05, 3.63) is 65.0 Å². The average molecular weight is 446 g/mol. The number of aromatic nitrogens is 2. The van der Waals surface area contributed by atoms with Crippen molar-refractivity contribution < 1.29 is 9.47 Å². The van der Waals surface area contributed by atoms with Gasteiger partial charge < -0.3 is 25.5 Å². The molecule has 32 heavy (non-hydrogen) atoms. The van der Waals surface area contributed by atoms with Crippen LogP contribution in [0.15, 0.2) is 54.6 Å². The third-order valence-corrected chi connectivity index (χ3v) is 6.46. The SMILES string of the molecule is N=Cc1c(N)cccc1-c1nc(N2CCOCC2)c2sc(COc3ccccc3)cc2n1. The molecule has 3 N–H and O–H groups in total.